The van der Waals surface area contributed by atoms with E-state index in [1.807, 2.05) is 21.8 Å². The molecule has 6 heteroatoms. The van der Waals surface area contributed by atoms with E-state index < -0.39 is 0 Å². The van der Waals surface area contributed by atoms with Gasteiger partial charge in [-0.15, -0.1) is 0 Å². The third kappa shape index (κ3) is 4.16. The molecule has 4 rings (SSSR count). The molecule has 1 aromatic heterocycles. The number of benzene rings is 1. The lowest BCUT2D eigenvalue weighted by Crippen LogP contribution is -2.48. The largest absolute Gasteiger partial charge is 0.496 e. The molecule has 1 unspecified atom stereocenters. The van der Waals surface area contributed by atoms with Gasteiger partial charge in [0, 0.05) is 43.6 Å². The number of urea groups is 1. The second-order valence-corrected chi connectivity index (χ2v) is 7.85. The van der Waals surface area contributed by atoms with Crippen molar-refractivity contribution in [2.45, 2.75) is 64.1 Å². The normalized spacial score (nSPS) is 18.8. The summed E-state index contributed by atoms with van der Waals surface area (Å²) in [5.41, 5.74) is 3.86. The summed E-state index contributed by atoms with van der Waals surface area (Å²) in [7, 11) is 1.71. The molecule has 2 heterocycles. The summed E-state index contributed by atoms with van der Waals surface area (Å²) in [6.45, 7) is 2.19. The Morgan fingerprint density at radius 2 is 2.11 bits per heavy atom. The first-order chi connectivity index (χ1) is 13.7. The maximum absolute atomic E-state index is 12.9. The van der Waals surface area contributed by atoms with E-state index in [1.54, 1.807) is 13.3 Å². The lowest BCUT2D eigenvalue weighted by molar-refractivity contribution is 0.143. The van der Waals surface area contributed by atoms with E-state index in [2.05, 4.69) is 22.5 Å². The summed E-state index contributed by atoms with van der Waals surface area (Å²) < 4.78 is 7.52. The minimum atomic E-state index is 0.0349. The third-order valence-electron chi connectivity index (χ3n) is 6.06. The van der Waals surface area contributed by atoms with Crippen molar-refractivity contribution < 1.29 is 9.53 Å². The molecule has 2 amide bonds. The van der Waals surface area contributed by atoms with Gasteiger partial charge in [-0.2, -0.15) is 5.10 Å². The van der Waals surface area contributed by atoms with Gasteiger partial charge in [-0.05, 0) is 68.2 Å². The summed E-state index contributed by atoms with van der Waals surface area (Å²) in [5.74, 6) is 0.884. The maximum atomic E-state index is 12.9. The molecule has 0 radical (unpaired) electrons. The second-order valence-electron chi connectivity index (χ2n) is 7.85. The third-order valence-corrected chi connectivity index (χ3v) is 6.06. The predicted molar refractivity (Wildman–Crippen MR) is 108 cm³/mol. The number of rotatable bonds is 6. The average Bonchev–Trinajstić information content (AvgIpc) is 3.41. The molecule has 1 aromatic carbocycles. The number of nitrogens with one attached hydrogen (secondary N) is 1. The van der Waals surface area contributed by atoms with E-state index in [4.69, 9.17) is 4.74 Å². The number of carbonyl (C=O) groups is 1. The highest BCUT2D eigenvalue weighted by atomic mass is 16.5. The monoisotopic (exact) mass is 382 g/mol. The molecule has 1 aliphatic heterocycles. The molecule has 6 nitrogen and oxygen atoms in total. The van der Waals surface area contributed by atoms with Gasteiger partial charge in [0.05, 0.1) is 7.11 Å². The number of aromatic nitrogens is 2. The Labute approximate surface area is 166 Å². The number of aryl methyl sites for hydroxylation is 3. The summed E-state index contributed by atoms with van der Waals surface area (Å²) in [6, 6.07) is 6.62. The standard InChI is InChI=1S/C22H30N4O2/c1-28-21-15-18-7-4-6-17(18)14-19(21)16-23-22(27)26-12-3-2-8-20(26)9-13-25-11-5-10-24-25/h5,10-11,14-15,20H,2-4,6-9,12-13,16H2,1H3,(H,23,27). The number of piperidine rings is 1. The van der Waals surface area contributed by atoms with E-state index in [9.17, 15) is 4.79 Å². The van der Waals surface area contributed by atoms with Crippen LogP contribution in [0.25, 0.3) is 0 Å². The van der Waals surface area contributed by atoms with Crippen LogP contribution in [0.5, 0.6) is 5.75 Å². The lowest BCUT2D eigenvalue weighted by atomic mass is 9.99. The van der Waals surface area contributed by atoms with Crippen LogP contribution >= 0.6 is 0 Å². The van der Waals surface area contributed by atoms with Crippen LogP contribution < -0.4 is 10.1 Å². The molecular weight excluding hydrogens is 352 g/mol. The molecule has 1 atom stereocenters. The Bertz CT molecular complexity index is 803. The number of carbonyl (C=O) groups excluding carboxylic acids is 1. The molecule has 1 saturated heterocycles. The molecule has 28 heavy (non-hydrogen) atoms. The van der Waals surface area contributed by atoms with Gasteiger partial charge in [0.15, 0.2) is 0 Å². The van der Waals surface area contributed by atoms with Crippen molar-refractivity contribution in [3.63, 3.8) is 0 Å². The van der Waals surface area contributed by atoms with Gasteiger partial charge in [-0.1, -0.05) is 6.07 Å². The van der Waals surface area contributed by atoms with Crippen LogP contribution in [0.3, 0.4) is 0 Å². The maximum Gasteiger partial charge on any atom is 0.317 e. The van der Waals surface area contributed by atoms with Gasteiger partial charge in [0.2, 0.25) is 0 Å². The van der Waals surface area contributed by atoms with Crippen molar-refractivity contribution in [1.82, 2.24) is 20.0 Å². The van der Waals surface area contributed by atoms with Crippen molar-refractivity contribution >= 4 is 6.03 Å². The number of hydrogen-bond donors (Lipinski definition) is 1. The van der Waals surface area contributed by atoms with E-state index >= 15 is 0 Å². The molecule has 2 aliphatic rings. The fraction of sp³-hybridized carbons (Fsp3) is 0.545. The zero-order chi connectivity index (χ0) is 19.3. The van der Waals surface area contributed by atoms with Crippen molar-refractivity contribution in [1.29, 1.82) is 0 Å². The quantitative estimate of drug-likeness (QED) is 0.831. The SMILES string of the molecule is COc1cc2c(cc1CNC(=O)N1CCCCC1CCn1cccn1)CCC2. The minimum Gasteiger partial charge on any atom is -0.496 e. The highest BCUT2D eigenvalue weighted by Gasteiger charge is 2.26. The summed E-state index contributed by atoms with van der Waals surface area (Å²) in [6.07, 6.45) is 11.5. The number of hydrogen-bond acceptors (Lipinski definition) is 3. The van der Waals surface area contributed by atoms with Crippen LogP contribution in [0.4, 0.5) is 4.79 Å². The van der Waals surface area contributed by atoms with Gasteiger partial charge in [0.1, 0.15) is 5.75 Å². The average molecular weight is 383 g/mol. The Morgan fingerprint density at radius 3 is 2.89 bits per heavy atom. The number of fused-ring (bicyclic) bond motifs is 1. The van der Waals surface area contributed by atoms with Crippen molar-refractivity contribution in [2.24, 2.45) is 0 Å². The van der Waals surface area contributed by atoms with Crippen LogP contribution in [0.2, 0.25) is 0 Å². The molecule has 150 valence electrons. The summed E-state index contributed by atoms with van der Waals surface area (Å²) >= 11 is 0. The molecule has 0 spiro atoms. The van der Waals surface area contributed by atoms with E-state index in [-0.39, 0.29) is 12.1 Å². The van der Waals surface area contributed by atoms with Crippen molar-refractivity contribution in [3.8, 4) is 5.75 Å². The Morgan fingerprint density at radius 1 is 1.25 bits per heavy atom. The second kappa shape index (κ2) is 8.67. The van der Waals surface area contributed by atoms with Crippen LogP contribution in [0.1, 0.15) is 48.8 Å². The number of ether oxygens (including phenoxy) is 1. The molecule has 2 aromatic rings. The molecule has 0 saturated carbocycles. The molecule has 0 bridgehead atoms. The zero-order valence-electron chi connectivity index (χ0n) is 16.7. The fourth-order valence-corrected chi connectivity index (χ4v) is 4.54. The molecular formula is C22H30N4O2. The first-order valence-electron chi connectivity index (χ1n) is 10.4. The number of likely N-dealkylation sites (tertiary alicyclic amines) is 1. The Hall–Kier alpha value is -2.50. The van der Waals surface area contributed by atoms with Gasteiger partial charge in [0.25, 0.3) is 0 Å². The highest BCUT2D eigenvalue weighted by molar-refractivity contribution is 5.74. The first kappa shape index (κ1) is 18.8. The smallest absolute Gasteiger partial charge is 0.317 e. The number of methoxy groups -OCH3 is 1. The predicted octanol–water partition coefficient (Wildman–Crippen LogP) is 3.53. The fourth-order valence-electron chi connectivity index (χ4n) is 4.54. The molecule has 1 fully saturated rings. The van der Waals surface area contributed by atoms with Gasteiger partial charge >= 0.3 is 6.03 Å². The van der Waals surface area contributed by atoms with Crippen LogP contribution in [-0.2, 0) is 25.9 Å². The van der Waals surface area contributed by atoms with Crippen LogP contribution in [-0.4, -0.2) is 40.4 Å². The first-order valence-corrected chi connectivity index (χ1v) is 10.4. The Kier molecular flexibility index (Phi) is 5.84. The van der Waals surface area contributed by atoms with Crippen molar-refractivity contribution in [2.75, 3.05) is 13.7 Å². The van der Waals surface area contributed by atoms with Gasteiger partial charge in [-0.25, -0.2) is 4.79 Å². The summed E-state index contributed by atoms with van der Waals surface area (Å²) in [4.78, 5) is 14.9. The van der Waals surface area contributed by atoms with E-state index in [0.29, 0.717) is 6.54 Å². The number of nitrogens with zero attached hydrogens (tertiary/aromatic N) is 3. The van der Waals surface area contributed by atoms with E-state index in [0.717, 1.165) is 56.5 Å². The minimum absolute atomic E-state index is 0.0349. The van der Waals surface area contributed by atoms with Gasteiger partial charge in [-0.3, -0.25) is 4.68 Å². The lowest BCUT2D eigenvalue weighted by Gasteiger charge is -2.36. The van der Waals surface area contributed by atoms with Crippen molar-refractivity contribution in [3.05, 3.63) is 47.3 Å². The Balaban J connectivity index is 1.38. The summed E-state index contributed by atoms with van der Waals surface area (Å²) in [5, 5.41) is 7.42. The van der Waals surface area contributed by atoms with Crippen LogP contribution in [0, 0.1) is 0 Å². The van der Waals surface area contributed by atoms with Gasteiger partial charge < -0.3 is 15.0 Å². The topological polar surface area (TPSA) is 59.4 Å². The van der Waals surface area contributed by atoms with E-state index in [1.165, 1.54) is 24.0 Å². The molecule has 1 aliphatic carbocycles. The highest BCUT2D eigenvalue weighted by Crippen LogP contribution is 2.30. The molecule has 1 N–H and O–H groups in total. The number of amides is 2. The van der Waals surface area contributed by atoms with Crippen LogP contribution in [0.15, 0.2) is 30.6 Å². The zero-order valence-corrected chi connectivity index (χ0v) is 16.7.